The lowest BCUT2D eigenvalue weighted by Crippen LogP contribution is -2.01. The Labute approximate surface area is 104 Å². The standard InChI is InChI=1S/C11H6F2N4O2/c12-6-2-1-5(3-7(6)13)9-15-11-14-4-8(10(18)19)17(11)16-9/h1-4H,(H,18,19)(H,14,15,16). The number of imidazole rings is 1. The molecule has 0 aliphatic heterocycles. The third-order valence-electron chi connectivity index (χ3n) is 2.58. The van der Waals surface area contributed by atoms with Crippen LogP contribution in [-0.4, -0.2) is 30.7 Å². The summed E-state index contributed by atoms with van der Waals surface area (Å²) in [6.45, 7) is 0. The molecular weight excluding hydrogens is 258 g/mol. The number of rotatable bonds is 2. The van der Waals surface area contributed by atoms with Gasteiger partial charge in [0.15, 0.2) is 23.2 Å². The van der Waals surface area contributed by atoms with Gasteiger partial charge >= 0.3 is 5.97 Å². The molecule has 6 nitrogen and oxygen atoms in total. The third-order valence-corrected chi connectivity index (χ3v) is 2.58. The van der Waals surface area contributed by atoms with E-state index >= 15 is 0 Å². The van der Waals surface area contributed by atoms with Gasteiger partial charge in [-0.15, -0.1) is 0 Å². The van der Waals surface area contributed by atoms with E-state index in [2.05, 4.69) is 15.1 Å². The minimum atomic E-state index is -1.17. The van der Waals surface area contributed by atoms with Crippen LogP contribution in [0.25, 0.3) is 17.2 Å². The van der Waals surface area contributed by atoms with Crippen LogP contribution in [0.15, 0.2) is 24.4 Å². The molecule has 3 aromatic rings. The summed E-state index contributed by atoms with van der Waals surface area (Å²) in [5.74, 6) is -2.81. The summed E-state index contributed by atoms with van der Waals surface area (Å²) in [5.41, 5.74) is 0.192. The van der Waals surface area contributed by atoms with Gasteiger partial charge in [-0.25, -0.2) is 23.1 Å². The molecule has 19 heavy (non-hydrogen) atoms. The average Bonchev–Trinajstić information content (AvgIpc) is 2.91. The molecule has 3 rings (SSSR count). The fourth-order valence-corrected chi connectivity index (χ4v) is 1.69. The minimum absolute atomic E-state index is 0.101. The maximum absolute atomic E-state index is 13.1. The molecule has 1 aromatic carbocycles. The molecule has 0 amide bonds. The normalized spacial score (nSPS) is 11.1. The monoisotopic (exact) mass is 264 g/mol. The van der Waals surface area contributed by atoms with Crippen LogP contribution in [0.4, 0.5) is 8.78 Å². The molecule has 2 N–H and O–H groups in total. The van der Waals surface area contributed by atoms with E-state index in [1.807, 2.05) is 0 Å². The Morgan fingerprint density at radius 3 is 2.79 bits per heavy atom. The first-order valence-electron chi connectivity index (χ1n) is 5.18. The Morgan fingerprint density at radius 2 is 2.11 bits per heavy atom. The first-order chi connectivity index (χ1) is 9.06. The number of carboxylic acids is 1. The van der Waals surface area contributed by atoms with E-state index in [-0.39, 0.29) is 17.3 Å². The van der Waals surface area contributed by atoms with Crippen LogP contribution in [0.2, 0.25) is 0 Å². The molecule has 0 bridgehead atoms. The van der Waals surface area contributed by atoms with Crippen molar-refractivity contribution in [2.75, 3.05) is 0 Å². The lowest BCUT2D eigenvalue weighted by molar-refractivity contribution is 0.0688. The van der Waals surface area contributed by atoms with Crippen molar-refractivity contribution in [1.82, 2.24) is 19.6 Å². The highest BCUT2D eigenvalue weighted by molar-refractivity contribution is 5.86. The Kier molecular flexibility index (Phi) is 2.31. The van der Waals surface area contributed by atoms with Crippen molar-refractivity contribution in [2.24, 2.45) is 0 Å². The van der Waals surface area contributed by atoms with Gasteiger partial charge in [0.1, 0.15) is 0 Å². The number of aromatic amines is 1. The zero-order valence-electron chi connectivity index (χ0n) is 9.26. The number of aromatic nitrogens is 4. The van der Waals surface area contributed by atoms with Gasteiger partial charge in [0.2, 0.25) is 0 Å². The molecule has 2 aromatic heterocycles. The predicted octanol–water partition coefficient (Wildman–Crippen LogP) is 1.70. The van der Waals surface area contributed by atoms with Crippen molar-refractivity contribution in [3.8, 4) is 11.4 Å². The lowest BCUT2D eigenvalue weighted by Gasteiger charge is -1.97. The summed E-state index contributed by atoms with van der Waals surface area (Å²) < 4.78 is 27.1. The van der Waals surface area contributed by atoms with E-state index in [1.165, 1.54) is 6.07 Å². The Balaban J connectivity index is 2.15. The van der Waals surface area contributed by atoms with Crippen molar-refractivity contribution in [1.29, 1.82) is 0 Å². The molecule has 96 valence electrons. The van der Waals surface area contributed by atoms with E-state index in [4.69, 9.17) is 5.11 Å². The second-order valence-corrected chi connectivity index (χ2v) is 3.79. The SMILES string of the molecule is O=C(O)c1cnc2nc(-c3ccc(F)c(F)c3)[nH]n12. The van der Waals surface area contributed by atoms with Crippen LogP contribution < -0.4 is 0 Å². The van der Waals surface area contributed by atoms with Gasteiger partial charge < -0.3 is 5.11 Å². The van der Waals surface area contributed by atoms with Crippen LogP contribution in [0.5, 0.6) is 0 Å². The van der Waals surface area contributed by atoms with Gasteiger partial charge in [-0.3, -0.25) is 5.10 Å². The smallest absolute Gasteiger partial charge is 0.356 e. The molecule has 0 fully saturated rings. The van der Waals surface area contributed by atoms with Gasteiger partial charge in [-0.05, 0) is 18.2 Å². The number of fused-ring (bicyclic) bond motifs is 1. The number of hydrogen-bond donors (Lipinski definition) is 2. The quantitative estimate of drug-likeness (QED) is 0.738. The lowest BCUT2D eigenvalue weighted by atomic mass is 10.2. The average molecular weight is 264 g/mol. The Morgan fingerprint density at radius 1 is 1.32 bits per heavy atom. The van der Waals surface area contributed by atoms with Gasteiger partial charge in [0.05, 0.1) is 6.20 Å². The van der Waals surface area contributed by atoms with Crippen LogP contribution in [0.3, 0.4) is 0 Å². The summed E-state index contributed by atoms with van der Waals surface area (Å²) >= 11 is 0. The maximum Gasteiger partial charge on any atom is 0.356 e. The molecule has 0 spiro atoms. The molecule has 0 unspecified atom stereocenters. The van der Waals surface area contributed by atoms with E-state index in [0.717, 1.165) is 22.8 Å². The predicted molar refractivity (Wildman–Crippen MR) is 59.6 cm³/mol. The minimum Gasteiger partial charge on any atom is -0.476 e. The highest BCUT2D eigenvalue weighted by Gasteiger charge is 2.15. The van der Waals surface area contributed by atoms with Gasteiger partial charge in [0, 0.05) is 5.56 Å². The Hall–Kier alpha value is -2.77. The van der Waals surface area contributed by atoms with Crippen LogP contribution in [0.1, 0.15) is 10.5 Å². The number of benzene rings is 1. The van der Waals surface area contributed by atoms with E-state index < -0.39 is 17.6 Å². The van der Waals surface area contributed by atoms with Gasteiger partial charge in [-0.2, -0.15) is 4.98 Å². The maximum atomic E-state index is 13.1. The van der Waals surface area contributed by atoms with E-state index in [1.54, 1.807) is 0 Å². The number of H-pyrrole nitrogens is 1. The summed E-state index contributed by atoms with van der Waals surface area (Å²) in [6.07, 6.45) is 1.15. The number of halogens is 2. The first-order valence-corrected chi connectivity index (χ1v) is 5.18. The summed E-state index contributed by atoms with van der Waals surface area (Å²) in [5, 5.41) is 11.6. The van der Waals surface area contributed by atoms with Gasteiger partial charge in [0.25, 0.3) is 5.78 Å². The summed E-state index contributed by atoms with van der Waals surface area (Å²) in [6, 6.07) is 3.26. The van der Waals surface area contributed by atoms with Gasteiger partial charge in [-0.1, -0.05) is 0 Å². The fourth-order valence-electron chi connectivity index (χ4n) is 1.69. The van der Waals surface area contributed by atoms with Crippen molar-refractivity contribution < 1.29 is 18.7 Å². The second kappa shape index (κ2) is 3.87. The number of hydrogen-bond acceptors (Lipinski definition) is 3. The topological polar surface area (TPSA) is 83.3 Å². The first kappa shape index (κ1) is 11.3. The van der Waals surface area contributed by atoms with Crippen molar-refractivity contribution >= 4 is 11.7 Å². The molecule has 2 heterocycles. The number of aromatic carboxylic acids is 1. The molecule has 0 aliphatic carbocycles. The van der Waals surface area contributed by atoms with Crippen LogP contribution in [0, 0.1) is 11.6 Å². The fraction of sp³-hybridized carbons (Fsp3) is 0. The molecule has 8 heteroatoms. The van der Waals surface area contributed by atoms with Crippen molar-refractivity contribution in [3.63, 3.8) is 0 Å². The number of carboxylic acid groups (broad SMARTS) is 1. The zero-order chi connectivity index (χ0) is 13.6. The molecule has 0 atom stereocenters. The molecular formula is C11H6F2N4O2. The highest BCUT2D eigenvalue weighted by Crippen LogP contribution is 2.19. The number of nitrogens with zero attached hydrogens (tertiary/aromatic N) is 3. The van der Waals surface area contributed by atoms with Crippen LogP contribution in [-0.2, 0) is 0 Å². The Bertz CT molecular complexity index is 793. The molecule has 0 aliphatic rings. The zero-order valence-corrected chi connectivity index (χ0v) is 9.26. The largest absolute Gasteiger partial charge is 0.476 e. The molecule has 0 saturated heterocycles. The van der Waals surface area contributed by atoms with Crippen molar-refractivity contribution in [2.45, 2.75) is 0 Å². The molecule has 0 radical (unpaired) electrons. The van der Waals surface area contributed by atoms with E-state index in [0.29, 0.717) is 5.56 Å². The third kappa shape index (κ3) is 1.73. The van der Waals surface area contributed by atoms with Crippen LogP contribution >= 0.6 is 0 Å². The van der Waals surface area contributed by atoms with Crippen molar-refractivity contribution in [3.05, 3.63) is 41.7 Å². The summed E-state index contributed by atoms with van der Waals surface area (Å²) in [4.78, 5) is 18.7. The number of carbonyl (C=O) groups is 1. The second-order valence-electron chi connectivity index (χ2n) is 3.79. The highest BCUT2D eigenvalue weighted by atomic mass is 19.2. The number of nitrogens with one attached hydrogen (secondary N) is 1. The summed E-state index contributed by atoms with van der Waals surface area (Å²) in [7, 11) is 0. The van der Waals surface area contributed by atoms with E-state index in [9.17, 15) is 13.6 Å². The molecule has 0 saturated carbocycles.